The van der Waals surface area contributed by atoms with E-state index in [1.165, 1.54) is 6.42 Å². The van der Waals surface area contributed by atoms with Gasteiger partial charge in [-0.05, 0) is 43.5 Å². The molecule has 114 valence electrons. The SMILES string of the molecule is C[C@H](NCc1ccc([C@H]2C[C@@H]2C)o1)c1cc2ccccc2o1. The van der Waals surface area contributed by atoms with Crippen molar-refractivity contribution in [3.8, 4) is 0 Å². The van der Waals surface area contributed by atoms with Crippen LogP contribution in [0.3, 0.4) is 0 Å². The molecule has 0 radical (unpaired) electrons. The molecule has 1 fully saturated rings. The van der Waals surface area contributed by atoms with Gasteiger partial charge in [-0.25, -0.2) is 0 Å². The minimum Gasteiger partial charge on any atom is -0.464 e. The molecule has 0 saturated heterocycles. The summed E-state index contributed by atoms with van der Waals surface area (Å²) in [5.74, 6) is 4.52. The summed E-state index contributed by atoms with van der Waals surface area (Å²) in [6, 6.07) is 14.6. The van der Waals surface area contributed by atoms with Gasteiger partial charge in [0, 0.05) is 11.3 Å². The smallest absolute Gasteiger partial charge is 0.134 e. The zero-order chi connectivity index (χ0) is 15.1. The van der Waals surface area contributed by atoms with E-state index in [9.17, 15) is 0 Å². The fraction of sp³-hybridized carbons (Fsp3) is 0.368. The van der Waals surface area contributed by atoms with E-state index in [-0.39, 0.29) is 6.04 Å². The second-order valence-electron chi connectivity index (χ2n) is 6.41. The van der Waals surface area contributed by atoms with Crippen LogP contribution in [0, 0.1) is 5.92 Å². The minimum absolute atomic E-state index is 0.154. The van der Waals surface area contributed by atoms with Crippen molar-refractivity contribution in [3.63, 3.8) is 0 Å². The molecule has 0 aliphatic heterocycles. The average Bonchev–Trinajstić information content (AvgIpc) is 2.96. The van der Waals surface area contributed by atoms with Crippen molar-refractivity contribution in [3.05, 3.63) is 59.7 Å². The molecular formula is C19H21NO2. The Morgan fingerprint density at radius 1 is 1.18 bits per heavy atom. The Bertz CT molecular complexity index is 752. The van der Waals surface area contributed by atoms with Gasteiger partial charge in [0.05, 0.1) is 12.6 Å². The van der Waals surface area contributed by atoms with Crippen molar-refractivity contribution in [2.24, 2.45) is 5.92 Å². The fourth-order valence-corrected chi connectivity index (χ4v) is 2.98. The zero-order valence-corrected chi connectivity index (χ0v) is 13.0. The maximum absolute atomic E-state index is 5.93. The second-order valence-corrected chi connectivity index (χ2v) is 6.41. The summed E-state index contributed by atoms with van der Waals surface area (Å²) in [7, 11) is 0. The largest absolute Gasteiger partial charge is 0.464 e. The molecule has 0 spiro atoms. The molecule has 1 aliphatic rings. The second kappa shape index (κ2) is 5.33. The number of para-hydroxylation sites is 1. The number of furan rings is 2. The third-order valence-electron chi connectivity index (χ3n) is 4.61. The van der Waals surface area contributed by atoms with Gasteiger partial charge >= 0.3 is 0 Å². The molecule has 3 atom stereocenters. The maximum atomic E-state index is 5.93. The third kappa shape index (κ3) is 2.57. The molecule has 4 rings (SSSR count). The van der Waals surface area contributed by atoms with E-state index in [0.29, 0.717) is 5.92 Å². The first-order valence-corrected chi connectivity index (χ1v) is 8.01. The van der Waals surface area contributed by atoms with Gasteiger partial charge in [0.2, 0.25) is 0 Å². The Labute approximate surface area is 130 Å². The first kappa shape index (κ1) is 13.6. The highest BCUT2D eigenvalue weighted by atomic mass is 16.3. The molecule has 3 heteroatoms. The lowest BCUT2D eigenvalue weighted by Crippen LogP contribution is -2.17. The van der Waals surface area contributed by atoms with Crippen LogP contribution in [0.4, 0.5) is 0 Å². The zero-order valence-electron chi connectivity index (χ0n) is 13.0. The number of rotatable bonds is 5. The fourth-order valence-electron chi connectivity index (χ4n) is 2.98. The summed E-state index contributed by atoms with van der Waals surface area (Å²) in [5, 5.41) is 4.62. The predicted molar refractivity (Wildman–Crippen MR) is 86.7 cm³/mol. The number of nitrogens with one attached hydrogen (secondary N) is 1. The van der Waals surface area contributed by atoms with E-state index < -0.39 is 0 Å². The van der Waals surface area contributed by atoms with Crippen LogP contribution in [-0.2, 0) is 6.54 Å². The molecule has 0 amide bonds. The molecule has 0 bridgehead atoms. The van der Waals surface area contributed by atoms with Crippen LogP contribution in [0.5, 0.6) is 0 Å². The van der Waals surface area contributed by atoms with Crippen LogP contribution >= 0.6 is 0 Å². The predicted octanol–water partition coefficient (Wildman–Crippen LogP) is 5.00. The maximum Gasteiger partial charge on any atom is 0.134 e. The first-order valence-electron chi connectivity index (χ1n) is 8.01. The molecule has 22 heavy (non-hydrogen) atoms. The van der Waals surface area contributed by atoms with Crippen LogP contribution in [0.15, 0.2) is 51.3 Å². The molecule has 0 unspecified atom stereocenters. The van der Waals surface area contributed by atoms with Crippen LogP contribution in [0.2, 0.25) is 0 Å². The quantitative estimate of drug-likeness (QED) is 0.720. The lowest BCUT2D eigenvalue weighted by molar-refractivity contribution is 0.405. The number of hydrogen-bond donors (Lipinski definition) is 1. The van der Waals surface area contributed by atoms with E-state index in [1.54, 1.807) is 0 Å². The number of fused-ring (bicyclic) bond motifs is 1. The van der Waals surface area contributed by atoms with Gasteiger partial charge in [-0.1, -0.05) is 25.1 Å². The Morgan fingerprint density at radius 2 is 2.00 bits per heavy atom. The number of hydrogen-bond acceptors (Lipinski definition) is 3. The van der Waals surface area contributed by atoms with Crippen LogP contribution in [-0.4, -0.2) is 0 Å². The van der Waals surface area contributed by atoms with E-state index in [2.05, 4.69) is 43.4 Å². The molecule has 3 aromatic rings. The summed E-state index contributed by atoms with van der Waals surface area (Å²) >= 11 is 0. The molecule has 1 aliphatic carbocycles. The normalized spacial score (nSPS) is 22.1. The Hall–Kier alpha value is -2.00. The highest BCUT2D eigenvalue weighted by Crippen LogP contribution is 2.47. The minimum atomic E-state index is 0.154. The first-order chi connectivity index (χ1) is 10.7. The van der Waals surface area contributed by atoms with Crippen LogP contribution in [0.25, 0.3) is 11.0 Å². The van der Waals surface area contributed by atoms with E-state index in [0.717, 1.165) is 40.7 Å². The highest BCUT2D eigenvalue weighted by molar-refractivity contribution is 5.77. The van der Waals surface area contributed by atoms with Gasteiger partial charge < -0.3 is 14.2 Å². The van der Waals surface area contributed by atoms with E-state index in [4.69, 9.17) is 8.83 Å². The molecule has 1 N–H and O–H groups in total. The van der Waals surface area contributed by atoms with Crippen molar-refractivity contribution in [1.29, 1.82) is 0 Å². The van der Waals surface area contributed by atoms with E-state index in [1.807, 2.05) is 18.2 Å². The molecule has 2 aromatic heterocycles. The molecule has 2 heterocycles. The van der Waals surface area contributed by atoms with Gasteiger partial charge in [-0.2, -0.15) is 0 Å². The van der Waals surface area contributed by atoms with E-state index >= 15 is 0 Å². The summed E-state index contributed by atoms with van der Waals surface area (Å²) in [6.07, 6.45) is 1.26. The molecular weight excluding hydrogens is 274 g/mol. The Kier molecular flexibility index (Phi) is 3.30. The summed E-state index contributed by atoms with van der Waals surface area (Å²) in [5.41, 5.74) is 0.939. The Morgan fingerprint density at radius 3 is 2.77 bits per heavy atom. The highest BCUT2D eigenvalue weighted by Gasteiger charge is 2.36. The molecule has 1 aromatic carbocycles. The van der Waals surface area contributed by atoms with Gasteiger partial charge in [-0.3, -0.25) is 0 Å². The van der Waals surface area contributed by atoms with Crippen molar-refractivity contribution in [2.75, 3.05) is 0 Å². The summed E-state index contributed by atoms with van der Waals surface area (Å²) < 4.78 is 11.8. The van der Waals surface area contributed by atoms with Crippen molar-refractivity contribution in [1.82, 2.24) is 5.32 Å². The topological polar surface area (TPSA) is 38.3 Å². The van der Waals surface area contributed by atoms with Crippen LogP contribution in [0.1, 0.15) is 49.5 Å². The summed E-state index contributed by atoms with van der Waals surface area (Å²) in [4.78, 5) is 0. The standard InChI is InChI=1S/C19H21NO2/c1-12-9-16(12)18-8-7-15(21-18)11-20-13(2)19-10-14-5-3-4-6-17(14)22-19/h3-8,10,12-13,16,20H,9,11H2,1-2H3/t12-,13-,16-/m0/s1. The van der Waals surface area contributed by atoms with Gasteiger partial charge in [0.15, 0.2) is 0 Å². The summed E-state index contributed by atoms with van der Waals surface area (Å²) in [6.45, 7) is 5.11. The van der Waals surface area contributed by atoms with Crippen molar-refractivity contribution < 1.29 is 8.83 Å². The lowest BCUT2D eigenvalue weighted by Gasteiger charge is -2.09. The van der Waals surface area contributed by atoms with Crippen LogP contribution < -0.4 is 5.32 Å². The van der Waals surface area contributed by atoms with Gasteiger partial charge in [0.25, 0.3) is 0 Å². The number of benzene rings is 1. The third-order valence-corrected chi connectivity index (χ3v) is 4.61. The van der Waals surface area contributed by atoms with Gasteiger partial charge in [0.1, 0.15) is 22.9 Å². The average molecular weight is 295 g/mol. The van der Waals surface area contributed by atoms with Crippen molar-refractivity contribution >= 4 is 11.0 Å². The molecule has 1 saturated carbocycles. The lowest BCUT2D eigenvalue weighted by atomic mass is 10.2. The Balaban J connectivity index is 1.41. The molecule has 3 nitrogen and oxygen atoms in total. The van der Waals surface area contributed by atoms with Crippen molar-refractivity contribution in [2.45, 2.75) is 38.8 Å². The van der Waals surface area contributed by atoms with Gasteiger partial charge in [-0.15, -0.1) is 0 Å². The monoisotopic (exact) mass is 295 g/mol.